The summed E-state index contributed by atoms with van der Waals surface area (Å²) < 4.78 is 10.5. The van der Waals surface area contributed by atoms with Gasteiger partial charge in [0.25, 0.3) is 0 Å². The first-order valence-electron chi connectivity index (χ1n) is 7.75. The standard InChI is InChI=1S/C17H24N2O4/c1-17(2,3)23-16(21)19-10-6-9-14(19)15(20)18-12-7-5-8-13(11-12)22-4/h5,7-8,11,14H,6,9-10H2,1-4H3,(H,18,20). The van der Waals surface area contributed by atoms with Crippen molar-refractivity contribution in [1.82, 2.24) is 4.90 Å². The van der Waals surface area contributed by atoms with Gasteiger partial charge in [0, 0.05) is 18.3 Å². The van der Waals surface area contributed by atoms with Crippen LogP contribution in [-0.2, 0) is 9.53 Å². The Morgan fingerprint density at radius 1 is 1.30 bits per heavy atom. The molecule has 6 heteroatoms. The van der Waals surface area contributed by atoms with Gasteiger partial charge >= 0.3 is 6.09 Å². The molecule has 1 atom stereocenters. The molecule has 2 rings (SSSR count). The van der Waals surface area contributed by atoms with Crippen molar-refractivity contribution in [2.24, 2.45) is 0 Å². The van der Waals surface area contributed by atoms with Crippen LogP contribution in [0.25, 0.3) is 0 Å². The maximum absolute atomic E-state index is 12.5. The van der Waals surface area contributed by atoms with Crippen LogP contribution in [0.15, 0.2) is 24.3 Å². The number of hydrogen-bond acceptors (Lipinski definition) is 4. The number of rotatable bonds is 3. The van der Waals surface area contributed by atoms with Gasteiger partial charge in [0.15, 0.2) is 0 Å². The fraction of sp³-hybridized carbons (Fsp3) is 0.529. The number of carbonyl (C=O) groups is 2. The molecule has 0 bridgehead atoms. The summed E-state index contributed by atoms with van der Waals surface area (Å²) >= 11 is 0. The van der Waals surface area contributed by atoms with E-state index in [0.717, 1.165) is 6.42 Å². The normalized spacial score (nSPS) is 17.7. The van der Waals surface area contributed by atoms with Gasteiger partial charge in [-0.15, -0.1) is 0 Å². The number of likely N-dealkylation sites (tertiary alicyclic amines) is 1. The molecule has 1 aliphatic rings. The molecule has 0 saturated carbocycles. The van der Waals surface area contributed by atoms with Crippen molar-refractivity contribution >= 4 is 17.7 Å². The van der Waals surface area contributed by atoms with E-state index in [9.17, 15) is 9.59 Å². The molecule has 1 aromatic carbocycles. The quantitative estimate of drug-likeness (QED) is 0.929. The summed E-state index contributed by atoms with van der Waals surface area (Å²) in [6.07, 6.45) is 0.977. The predicted molar refractivity (Wildman–Crippen MR) is 87.6 cm³/mol. The molecular weight excluding hydrogens is 296 g/mol. The van der Waals surface area contributed by atoms with Gasteiger partial charge in [-0.05, 0) is 45.7 Å². The van der Waals surface area contributed by atoms with Crippen molar-refractivity contribution in [2.75, 3.05) is 19.0 Å². The number of hydrogen-bond donors (Lipinski definition) is 1. The van der Waals surface area contributed by atoms with E-state index in [2.05, 4.69) is 5.32 Å². The Labute approximate surface area is 136 Å². The number of ether oxygens (including phenoxy) is 2. The molecule has 126 valence electrons. The van der Waals surface area contributed by atoms with Crippen molar-refractivity contribution in [3.63, 3.8) is 0 Å². The zero-order valence-corrected chi connectivity index (χ0v) is 14.1. The highest BCUT2D eigenvalue weighted by Crippen LogP contribution is 2.23. The number of anilines is 1. The number of methoxy groups -OCH3 is 1. The molecule has 1 N–H and O–H groups in total. The number of benzene rings is 1. The monoisotopic (exact) mass is 320 g/mol. The van der Waals surface area contributed by atoms with E-state index in [-0.39, 0.29) is 5.91 Å². The SMILES string of the molecule is COc1cccc(NC(=O)C2CCCN2C(=O)OC(C)(C)C)c1. The topological polar surface area (TPSA) is 67.9 Å². The second-order valence-corrected chi connectivity index (χ2v) is 6.55. The maximum atomic E-state index is 12.5. The van der Waals surface area contributed by atoms with Gasteiger partial charge < -0.3 is 14.8 Å². The Balaban J connectivity index is 2.04. The lowest BCUT2D eigenvalue weighted by Crippen LogP contribution is -2.45. The number of nitrogens with zero attached hydrogens (tertiary/aromatic N) is 1. The zero-order valence-electron chi connectivity index (χ0n) is 14.1. The Kier molecular flexibility index (Phi) is 5.13. The molecule has 0 radical (unpaired) electrons. The minimum absolute atomic E-state index is 0.207. The van der Waals surface area contributed by atoms with Crippen molar-refractivity contribution in [3.8, 4) is 5.75 Å². The molecule has 1 heterocycles. The highest BCUT2D eigenvalue weighted by Gasteiger charge is 2.36. The van der Waals surface area contributed by atoms with E-state index >= 15 is 0 Å². The summed E-state index contributed by atoms with van der Waals surface area (Å²) in [5.41, 5.74) is 0.0680. The molecule has 1 aliphatic heterocycles. The lowest BCUT2D eigenvalue weighted by molar-refractivity contribution is -0.120. The average Bonchev–Trinajstić information content (AvgIpc) is 2.95. The molecule has 1 fully saturated rings. The first-order chi connectivity index (χ1) is 10.8. The smallest absolute Gasteiger partial charge is 0.410 e. The second kappa shape index (κ2) is 6.89. The number of nitrogens with one attached hydrogen (secondary N) is 1. The van der Waals surface area contributed by atoms with Crippen molar-refractivity contribution < 1.29 is 19.1 Å². The van der Waals surface area contributed by atoms with Crippen LogP contribution in [0, 0.1) is 0 Å². The first kappa shape index (κ1) is 17.1. The minimum atomic E-state index is -0.576. The summed E-state index contributed by atoms with van der Waals surface area (Å²) in [5.74, 6) is 0.458. The molecule has 1 aromatic rings. The Hall–Kier alpha value is -2.24. The van der Waals surface area contributed by atoms with Crippen LogP contribution in [0.5, 0.6) is 5.75 Å². The van der Waals surface area contributed by atoms with Crippen LogP contribution in [0.3, 0.4) is 0 Å². The molecule has 0 aliphatic carbocycles. The molecular formula is C17H24N2O4. The summed E-state index contributed by atoms with van der Waals surface area (Å²) in [7, 11) is 1.57. The van der Waals surface area contributed by atoms with E-state index in [1.54, 1.807) is 31.4 Å². The van der Waals surface area contributed by atoms with Crippen LogP contribution in [-0.4, -0.2) is 42.2 Å². The third-order valence-electron chi connectivity index (χ3n) is 3.52. The summed E-state index contributed by atoms with van der Waals surface area (Å²) in [6.45, 7) is 5.97. The van der Waals surface area contributed by atoms with Gasteiger partial charge in [0.05, 0.1) is 7.11 Å². The maximum Gasteiger partial charge on any atom is 0.410 e. The third-order valence-corrected chi connectivity index (χ3v) is 3.52. The lowest BCUT2D eigenvalue weighted by atomic mass is 10.2. The fourth-order valence-corrected chi connectivity index (χ4v) is 2.50. The van der Waals surface area contributed by atoms with E-state index in [0.29, 0.717) is 24.4 Å². The molecule has 2 amide bonds. The lowest BCUT2D eigenvalue weighted by Gasteiger charge is -2.28. The van der Waals surface area contributed by atoms with Crippen LogP contribution in [0.1, 0.15) is 33.6 Å². The van der Waals surface area contributed by atoms with E-state index in [1.165, 1.54) is 4.90 Å². The highest BCUT2D eigenvalue weighted by atomic mass is 16.6. The summed E-state index contributed by atoms with van der Waals surface area (Å²) in [4.78, 5) is 26.2. The number of amides is 2. The molecule has 0 aromatic heterocycles. The van der Waals surface area contributed by atoms with Crippen LogP contribution in [0.4, 0.5) is 10.5 Å². The summed E-state index contributed by atoms with van der Waals surface area (Å²) in [6, 6.07) is 6.63. The Morgan fingerprint density at radius 3 is 2.70 bits per heavy atom. The zero-order chi connectivity index (χ0) is 17.0. The van der Waals surface area contributed by atoms with Gasteiger partial charge in [-0.1, -0.05) is 6.07 Å². The molecule has 6 nitrogen and oxygen atoms in total. The van der Waals surface area contributed by atoms with E-state index in [1.807, 2.05) is 20.8 Å². The Bertz CT molecular complexity index is 580. The van der Waals surface area contributed by atoms with Crippen molar-refractivity contribution in [1.29, 1.82) is 0 Å². The number of carbonyl (C=O) groups excluding carboxylic acids is 2. The predicted octanol–water partition coefficient (Wildman–Crippen LogP) is 3.03. The average molecular weight is 320 g/mol. The molecule has 0 spiro atoms. The highest BCUT2D eigenvalue weighted by molar-refractivity contribution is 5.97. The molecule has 23 heavy (non-hydrogen) atoms. The Morgan fingerprint density at radius 2 is 2.04 bits per heavy atom. The van der Waals surface area contributed by atoms with E-state index < -0.39 is 17.7 Å². The largest absolute Gasteiger partial charge is 0.497 e. The van der Waals surface area contributed by atoms with Gasteiger partial charge in [0.1, 0.15) is 17.4 Å². The van der Waals surface area contributed by atoms with Crippen LogP contribution >= 0.6 is 0 Å². The minimum Gasteiger partial charge on any atom is -0.497 e. The van der Waals surface area contributed by atoms with Crippen LogP contribution in [0.2, 0.25) is 0 Å². The van der Waals surface area contributed by atoms with Crippen molar-refractivity contribution in [2.45, 2.75) is 45.3 Å². The summed E-state index contributed by atoms with van der Waals surface area (Å²) in [5, 5.41) is 2.84. The molecule has 1 unspecified atom stereocenters. The van der Waals surface area contributed by atoms with Gasteiger partial charge in [-0.25, -0.2) is 4.79 Å². The fourth-order valence-electron chi connectivity index (χ4n) is 2.50. The van der Waals surface area contributed by atoms with Crippen molar-refractivity contribution in [3.05, 3.63) is 24.3 Å². The second-order valence-electron chi connectivity index (χ2n) is 6.55. The van der Waals surface area contributed by atoms with Gasteiger partial charge in [0.2, 0.25) is 5.91 Å². The first-order valence-corrected chi connectivity index (χ1v) is 7.75. The molecule has 1 saturated heterocycles. The third kappa shape index (κ3) is 4.61. The van der Waals surface area contributed by atoms with E-state index in [4.69, 9.17) is 9.47 Å². The van der Waals surface area contributed by atoms with Gasteiger partial charge in [-0.3, -0.25) is 9.69 Å². The van der Waals surface area contributed by atoms with Gasteiger partial charge in [-0.2, -0.15) is 0 Å². The van der Waals surface area contributed by atoms with Crippen LogP contribution < -0.4 is 10.1 Å².